The number of primary amides is 1. The Morgan fingerprint density at radius 3 is 1.86 bits per heavy atom. The zero-order chi connectivity index (χ0) is 16.1. The SMILES string of the molecule is NC(=O)c1ccc(OC(=O)c2ccc(OC(F)F)cc2)cc1. The number of ether oxygens (including phenoxy) is 2. The Balaban J connectivity index is 2.03. The zero-order valence-corrected chi connectivity index (χ0v) is 11.2. The van der Waals surface area contributed by atoms with Crippen molar-refractivity contribution in [1.29, 1.82) is 0 Å². The highest BCUT2D eigenvalue weighted by Gasteiger charge is 2.10. The molecule has 1 amide bonds. The largest absolute Gasteiger partial charge is 0.435 e. The molecule has 5 nitrogen and oxygen atoms in total. The summed E-state index contributed by atoms with van der Waals surface area (Å²) in [5, 5.41) is 0. The maximum Gasteiger partial charge on any atom is 0.387 e. The number of halogens is 2. The maximum absolute atomic E-state index is 12.0. The van der Waals surface area contributed by atoms with Gasteiger partial charge in [0.15, 0.2) is 0 Å². The highest BCUT2D eigenvalue weighted by Crippen LogP contribution is 2.17. The van der Waals surface area contributed by atoms with Gasteiger partial charge < -0.3 is 15.2 Å². The van der Waals surface area contributed by atoms with Gasteiger partial charge in [-0.25, -0.2) is 4.79 Å². The van der Waals surface area contributed by atoms with Crippen molar-refractivity contribution in [3.63, 3.8) is 0 Å². The number of alkyl halides is 2. The topological polar surface area (TPSA) is 78.6 Å². The van der Waals surface area contributed by atoms with E-state index in [9.17, 15) is 18.4 Å². The lowest BCUT2D eigenvalue weighted by molar-refractivity contribution is -0.0498. The molecule has 2 aromatic carbocycles. The van der Waals surface area contributed by atoms with Crippen molar-refractivity contribution in [3.05, 3.63) is 59.7 Å². The van der Waals surface area contributed by atoms with Crippen LogP contribution in [0.2, 0.25) is 0 Å². The van der Waals surface area contributed by atoms with Crippen molar-refractivity contribution in [2.45, 2.75) is 6.61 Å². The van der Waals surface area contributed by atoms with Gasteiger partial charge in [-0.1, -0.05) is 0 Å². The Labute approximate surface area is 124 Å². The lowest BCUT2D eigenvalue weighted by Gasteiger charge is -2.06. The molecule has 0 unspecified atom stereocenters. The number of carbonyl (C=O) groups excluding carboxylic acids is 2. The van der Waals surface area contributed by atoms with E-state index in [2.05, 4.69) is 4.74 Å². The van der Waals surface area contributed by atoms with Crippen molar-refractivity contribution >= 4 is 11.9 Å². The molecule has 0 aliphatic carbocycles. The first-order chi connectivity index (χ1) is 10.5. The van der Waals surface area contributed by atoms with Crippen LogP contribution in [0.15, 0.2) is 48.5 Å². The van der Waals surface area contributed by atoms with Crippen LogP contribution in [-0.4, -0.2) is 18.5 Å². The third-order valence-electron chi connectivity index (χ3n) is 2.66. The molecular weight excluding hydrogens is 296 g/mol. The molecular formula is C15H11F2NO4. The Morgan fingerprint density at radius 1 is 0.864 bits per heavy atom. The van der Waals surface area contributed by atoms with Crippen molar-refractivity contribution < 1.29 is 27.8 Å². The van der Waals surface area contributed by atoms with Crippen molar-refractivity contribution in [3.8, 4) is 11.5 Å². The van der Waals surface area contributed by atoms with E-state index in [0.29, 0.717) is 0 Å². The summed E-state index contributed by atoms with van der Waals surface area (Å²) < 4.78 is 33.3. The minimum absolute atomic E-state index is 0.0580. The predicted octanol–water partition coefficient (Wildman–Crippen LogP) is 2.61. The Kier molecular flexibility index (Phi) is 4.67. The smallest absolute Gasteiger partial charge is 0.387 e. The number of carbonyl (C=O) groups is 2. The van der Waals surface area contributed by atoms with Gasteiger partial charge in [0.05, 0.1) is 5.56 Å². The lowest BCUT2D eigenvalue weighted by Crippen LogP contribution is -2.11. The van der Waals surface area contributed by atoms with Crippen LogP contribution in [0.25, 0.3) is 0 Å². The molecule has 0 bridgehead atoms. The maximum atomic E-state index is 12.0. The third kappa shape index (κ3) is 4.02. The van der Waals surface area contributed by atoms with Crippen LogP contribution in [0.5, 0.6) is 11.5 Å². The number of amides is 1. The molecule has 0 aliphatic heterocycles. The second-order valence-electron chi connectivity index (χ2n) is 4.18. The Hall–Kier alpha value is -2.96. The molecule has 2 N–H and O–H groups in total. The normalized spacial score (nSPS) is 10.3. The van der Waals surface area contributed by atoms with Crippen LogP contribution in [0.1, 0.15) is 20.7 Å². The van der Waals surface area contributed by atoms with Crippen LogP contribution < -0.4 is 15.2 Å². The summed E-state index contributed by atoms with van der Waals surface area (Å²) in [6.07, 6.45) is 0. The van der Waals surface area contributed by atoms with Gasteiger partial charge in [0.2, 0.25) is 5.91 Å². The quantitative estimate of drug-likeness (QED) is 0.680. The summed E-state index contributed by atoms with van der Waals surface area (Å²) >= 11 is 0. The molecule has 0 saturated heterocycles. The minimum atomic E-state index is -2.93. The molecule has 2 rings (SSSR count). The molecule has 0 fully saturated rings. The summed E-state index contributed by atoms with van der Waals surface area (Å²) in [7, 11) is 0. The minimum Gasteiger partial charge on any atom is -0.435 e. The van der Waals surface area contributed by atoms with E-state index in [0.717, 1.165) is 0 Å². The number of hydrogen-bond acceptors (Lipinski definition) is 4. The molecule has 0 saturated carbocycles. The molecule has 114 valence electrons. The highest BCUT2D eigenvalue weighted by atomic mass is 19.3. The van der Waals surface area contributed by atoms with Crippen molar-refractivity contribution in [2.75, 3.05) is 0 Å². The molecule has 0 aliphatic rings. The first-order valence-electron chi connectivity index (χ1n) is 6.12. The molecule has 0 radical (unpaired) electrons. The second kappa shape index (κ2) is 6.66. The zero-order valence-electron chi connectivity index (χ0n) is 11.2. The summed E-state index contributed by atoms with van der Waals surface area (Å²) in [5.41, 5.74) is 5.55. The fraction of sp³-hybridized carbons (Fsp3) is 0.0667. The number of esters is 1. The van der Waals surface area contributed by atoms with Crippen LogP contribution in [0.4, 0.5) is 8.78 Å². The summed E-state index contributed by atoms with van der Waals surface area (Å²) in [5.74, 6) is -1.09. The van der Waals surface area contributed by atoms with Gasteiger partial charge in [-0.3, -0.25) is 4.79 Å². The lowest BCUT2D eigenvalue weighted by atomic mass is 10.2. The molecule has 0 spiro atoms. The first kappa shape index (κ1) is 15.4. The fourth-order valence-electron chi connectivity index (χ4n) is 1.63. The molecule has 0 heterocycles. The van der Waals surface area contributed by atoms with E-state index in [1.807, 2.05) is 0 Å². The fourth-order valence-corrected chi connectivity index (χ4v) is 1.63. The van der Waals surface area contributed by atoms with Gasteiger partial charge in [-0.15, -0.1) is 0 Å². The molecule has 0 atom stereocenters. The third-order valence-corrected chi connectivity index (χ3v) is 2.66. The van der Waals surface area contributed by atoms with Crippen molar-refractivity contribution in [2.24, 2.45) is 5.73 Å². The van der Waals surface area contributed by atoms with Gasteiger partial charge >= 0.3 is 12.6 Å². The second-order valence-corrected chi connectivity index (χ2v) is 4.18. The van der Waals surface area contributed by atoms with Crippen LogP contribution >= 0.6 is 0 Å². The summed E-state index contributed by atoms with van der Waals surface area (Å²) in [6.45, 7) is -2.93. The standard InChI is InChI=1S/C15H11F2NO4/c16-15(17)22-12-7-3-10(4-8-12)14(20)21-11-5-1-9(2-6-11)13(18)19/h1-8,15H,(H2,18,19). The van der Waals surface area contributed by atoms with E-state index >= 15 is 0 Å². The van der Waals surface area contributed by atoms with Gasteiger partial charge in [0.1, 0.15) is 11.5 Å². The van der Waals surface area contributed by atoms with E-state index in [1.165, 1.54) is 48.5 Å². The highest BCUT2D eigenvalue weighted by molar-refractivity contribution is 5.93. The van der Waals surface area contributed by atoms with E-state index in [1.54, 1.807) is 0 Å². The monoisotopic (exact) mass is 307 g/mol. The van der Waals surface area contributed by atoms with Crippen LogP contribution in [0, 0.1) is 0 Å². The van der Waals surface area contributed by atoms with Gasteiger partial charge in [0, 0.05) is 5.56 Å². The number of hydrogen-bond donors (Lipinski definition) is 1. The first-order valence-corrected chi connectivity index (χ1v) is 6.12. The molecule has 22 heavy (non-hydrogen) atoms. The van der Waals surface area contributed by atoms with E-state index in [-0.39, 0.29) is 22.6 Å². The Morgan fingerprint density at radius 2 is 1.36 bits per heavy atom. The van der Waals surface area contributed by atoms with Gasteiger partial charge in [-0.05, 0) is 48.5 Å². The van der Waals surface area contributed by atoms with Crippen molar-refractivity contribution in [1.82, 2.24) is 0 Å². The Bertz CT molecular complexity index is 669. The summed E-state index contributed by atoms with van der Waals surface area (Å²) in [6, 6.07) is 10.8. The van der Waals surface area contributed by atoms with E-state index < -0.39 is 18.5 Å². The van der Waals surface area contributed by atoms with Gasteiger partial charge in [-0.2, -0.15) is 8.78 Å². The summed E-state index contributed by atoms with van der Waals surface area (Å²) in [4.78, 5) is 22.8. The van der Waals surface area contributed by atoms with Gasteiger partial charge in [0.25, 0.3) is 0 Å². The van der Waals surface area contributed by atoms with Crippen LogP contribution in [-0.2, 0) is 0 Å². The molecule has 2 aromatic rings. The number of nitrogens with two attached hydrogens (primary N) is 1. The average Bonchev–Trinajstić information content (AvgIpc) is 2.48. The van der Waals surface area contributed by atoms with Crippen LogP contribution in [0.3, 0.4) is 0 Å². The number of benzene rings is 2. The van der Waals surface area contributed by atoms with E-state index in [4.69, 9.17) is 10.5 Å². The predicted molar refractivity (Wildman–Crippen MR) is 73.0 cm³/mol. The molecule has 0 aromatic heterocycles. The molecule has 7 heteroatoms. The number of rotatable bonds is 5. The average molecular weight is 307 g/mol.